The van der Waals surface area contributed by atoms with Gasteiger partial charge in [-0.15, -0.1) is 0 Å². The highest BCUT2D eigenvalue weighted by Gasteiger charge is 2.14. The van der Waals surface area contributed by atoms with E-state index in [1.54, 1.807) is 6.07 Å². The maximum absolute atomic E-state index is 12.2. The fourth-order valence-electron chi connectivity index (χ4n) is 2.45. The molecule has 0 saturated carbocycles. The number of hydrogen-bond acceptors (Lipinski definition) is 5. The molecular weight excluding hydrogens is 368 g/mol. The number of hydrogen-bond donors (Lipinski definition) is 4. The van der Waals surface area contributed by atoms with Gasteiger partial charge in [-0.25, -0.2) is 18.2 Å². The molecule has 3 aromatic rings. The summed E-state index contributed by atoms with van der Waals surface area (Å²) in [5, 5.41) is 12.7. The zero-order valence-electron chi connectivity index (χ0n) is 14.9. The van der Waals surface area contributed by atoms with Crippen LogP contribution in [0.2, 0.25) is 0 Å². The van der Waals surface area contributed by atoms with E-state index in [-0.39, 0.29) is 17.6 Å². The van der Waals surface area contributed by atoms with Crippen LogP contribution in [0.5, 0.6) is 0 Å². The van der Waals surface area contributed by atoms with Gasteiger partial charge >= 0.3 is 6.03 Å². The Morgan fingerprint density at radius 2 is 2.00 bits per heavy atom. The first-order valence-electron chi connectivity index (χ1n) is 8.35. The minimum Gasteiger partial charge on any atom is -0.331 e. The molecule has 1 atom stereocenters. The lowest BCUT2D eigenvalue weighted by Crippen LogP contribution is -2.31. The normalized spacial score (nSPS) is 12.5. The van der Waals surface area contributed by atoms with E-state index in [0.717, 1.165) is 5.56 Å². The summed E-state index contributed by atoms with van der Waals surface area (Å²) in [7, 11) is -3.44. The number of nitrogens with zero attached hydrogens (tertiary/aromatic N) is 2. The quantitative estimate of drug-likeness (QED) is 0.516. The minimum atomic E-state index is -3.44. The number of urea groups is 1. The summed E-state index contributed by atoms with van der Waals surface area (Å²) in [6.45, 7) is 3.42. The monoisotopic (exact) mass is 388 g/mol. The highest BCUT2D eigenvalue weighted by atomic mass is 32.2. The lowest BCUT2D eigenvalue weighted by Gasteiger charge is -2.14. The van der Waals surface area contributed by atoms with Crippen molar-refractivity contribution in [1.29, 1.82) is 0 Å². The number of benzene rings is 1. The first-order valence-corrected chi connectivity index (χ1v) is 10.0. The number of sulfonamides is 1. The van der Waals surface area contributed by atoms with Crippen LogP contribution in [-0.4, -0.2) is 35.4 Å². The SMILES string of the molecule is CCS(=O)(=O)Nc1n[nH]c2cc(NC(=O)N[C@H](C)c3ccccc3)ncc12. The standard InChI is InChI=1S/C17H20N6O3S/c1-3-27(25,26)23-16-13-10-18-15(9-14(13)21-22-16)20-17(24)19-11(2)12-7-5-4-6-8-12/h4-11H,3H2,1-2H3,(H2,21,22,23)(H2,18,19,20,24)/t11-/m1/s1. The molecule has 0 aliphatic heterocycles. The van der Waals surface area contributed by atoms with Crippen molar-refractivity contribution >= 4 is 38.6 Å². The van der Waals surface area contributed by atoms with Crippen molar-refractivity contribution in [2.45, 2.75) is 19.9 Å². The van der Waals surface area contributed by atoms with E-state index in [4.69, 9.17) is 0 Å². The maximum Gasteiger partial charge on any atom is 0.320 e. The Labute approximate surface area is 156 Å². The van der Waals surface area contributed by atoms with Crippen LogP contribution in [0, 0.1) is 0 Å². The summed E-state index contributed by atoms with van der Waals surface area (Å²) in [5.74, 6) is 0.427. The molecule has 10 heteroatoms. The number of carbonyl (C=O) groups excluding carboxylic acids is 1. The molecule has 4 N–H and O–H groups in total. The van der Waals surface area contributed by atoms with Gasteiger partial charge < -0.3 is 5.32 Å². The van der Waals surface area contributed by atoms with Crippen LogP contribution < -0.4 is 15.4 Å². The molecule has 142 valence electrons. The highest BCUT2D eigenvalue weighted by molar-refractivity contribution is 7.92. The lowest BCUT2D eigenvalue weighted by atomic mass is 10.1. The van der Waals surface area contributed by atoms with Gasteiger partial charge in [0.2, 0.25) is 10.0 Å². The number of nitrogens with one attached hydrogen (secondary N) is 4. The predicted octanol–water partition coefficient (Wildman–Crippen LogP) is 2.60. The van der Waals surface area contributed by atoms with Gasteiger partial charge in [-0.3, -0.25) is 15.1 Å². The number of aromatic amines is 1. The molecule has 2 aromatic heterocycles. The van der Waals surface area contributed by atoms with Crippen LogP contribution in [0.3, 0.4) is 0 Å². The molecule has 0 aliphatic rings. The molecule has 0 aliphatic carbocycles. The molecule has 3 rings (SSSR count). The van der Waals surface area contributed by atoms with Gasteiger partial charge in [-0.2, -0.15) is 5.10 Å². The smallest absolute Gasteiger partial charge is 0.320 e. The predicted molar refractivity (Wildman–Crippen MR) is 104 cm³/mol. The average molecular weight is 388 g/mol. The Hall–Kier alpha value is -3.14. The second-order valence-electron chi connectivity index (χ2n) is 5.92. The molecule has 2 amide bonds. The maximum atomic E-state index is 12.2. The largest absolute Gasteiger partial charge is 0.331 e. The van der Waals surface area contributed by atoms with Crippen LogP contribution in [-0.2, 0) is 10.0 Å². The molecule has 0 saturated heterocycles. The van der Waals surface area contributed by atoms with Gasteiger partial charge in [-0.1, -0.05) is 30.3 Å². The summed E-state index contributed by atoms with van der Waals surface area (Å²) in [6.07, 6.45) is 1.45. The summed E-state index contributed by atoms with van der Waals surface area (Å²) in [6, 6.07) is 10.6. The summed E-state index contributed by atoms with van der Waals surface area (Å²) < 4.78 is 25.8. The molecule has 1 aromatic carbocycles. The molecule has 0 fully saturated rings. The van der Waals surface area contributed by atoms with Gasteiger partial charge in [0, 0.05) is 12.3 Å². The number of pyridine rings is 1. The summed E-state index contributed by atoms with van der Waals surface area (Å²) in [5.41, 5.74) is 1.53. The fourth-order valence-corrected chi connectivity index (χ4v) is 3.05. The van der Waals surface area contributed by atoms with E-state index in [0.29, 0.717) is 16.7 Å². The Kier molecular flexibility index (Phi) is 5.26. The average Bonchev–Trinajstić information content (AvgIpc) is 3.03. The van der Waals surface area contributed by atoms with Gasteiger partial charge in [-0.05, 0) is 19.4 Å². The third kappa shape index (κ3) is 4.53. The minimum absolute atomic E-state index is 0.0613. The van der Waals surface area contributed by atoms with Crippen LogP contribution in [0.4, 0.5) is 16.4 Å². The Bertz CT molecular complexity index is 1050. The first-order chi connectivity index (χ1) is 12.9. The van der Waals surface area contributed by atoms with Crippen molar-refractivity contribution in [2.75, 3.05) is 15.8 Å². The molecule has 27 heavy (non-hydrogen) atoms. The van der Waals surface area contributed by atoms with Crippen LogP contribution in [0.25, 0.3) is 10.9 Å². The van der Waals surface area contributed by atoms with E-state index in [1.165, 1.54) is 13.1 Å². The zero-order valence-corrected chi connectivity index (χ0v) is 15.7. The molecule has 0 spiro atoms. The van der Waals surface area contributed by atoms with Gasteiger partial charge in [0.05, 0.1) is 22.7 Å². The molecule has 0 unspecified atom stereocenters. The highest BCUT2D eigenvalue weighted by Crippen LogP contribution is 2.22. The Morgan fingerprint density at radius 3 is 2.70 bits per heavy atom. The van der Waals surface area contributed by atoms with E-state index in [9.17, 15) is 13.2 Å². The van der Waals surface area contributed by atoms with Gasteiger partial charge in [0.25, 0.3) is 0 Å². The Morgan fingerprint density at radius 1 is 1.26 bits per heavy atom. The molecular formula is C17H20N6O3S. The van der Waals surface area contributed by atoms with Crippen molar-refractivity contribution in [2.24, 2.45) is 0 Å². The number of H-pyrrole nitrogens is 1. The number of amides is 2. The van der Waals surface area contributed by atoms with Gasteiger partial charge in [0.15, 0.2) is 5.82 Å². The number of anilines is 2. The van der Waals surface area contributed by atoms with Crippen molar-refractivity contribution < 1.29 is 13.2 Å². The van der Waals surface area contributed by atoms with E-state index in [2.05, 4.69) is 30.5 Å². The van der Waals surface area contributed by atoms with Crippen LogP contribution in [0.15, 0.2) is 42.6 Å². The number of fused-ring (bicyclic) bond motifs is 1. The summed E-state index contributed by atoms with van der Waals surface area (Å²) in [4.78, 5) is 16.3. The zero-order chi connectivity index (χ0) is 19.4. The number of rotatable bonds is 6. The van der Waals surface area contributed by atoms with Crippen molar-refractivity contribution in [3.63, 3.8) is 0 Å². The third-order valence-electron chi connectivity index (χ3n) is 3.97. The Balaban J connectivity index is 1.70. The second-order valence-corrected chi connectivity index (χ2v) is 7.93. The molecule has 2 heterocycles. The topological polar surface area (TPSA) is 129 Å². The third-order valence-corrected chi connectivity index (χ3v) is 5.23. The van der Waals surface area contributed by atoms with Crippen LogP contribution in [0.1, 0.15) is 25.5 Å². The fraction of sp³-hybridized carbons (Fsp3) is 0.235. The van der Waals surface area contributed by atoms with Crippen molar-refractivity contribution in [3.8, 4) is 0 Å². The van der Waals surface area contributed by atoms with E-state index >= 15 is 0 Å². The van der Waals surface area contributed by atoms with Gasteiger partial charge in [0.1, 0.15) is 5.82 Å². The van der Waals surface area contributed by atoms with E-state index < -0.39 is 16.1 Å². The molecule has 9 nitrogen and oxygen atoms in total. The number of aromatic nitrogens is 3. The van der Waals surface area contributed by atoms with E-state index in [1.807, 2.05) is 37.3 Å². The summed E-state index contributed by atoms with van der Waals surface area (Å²) >= 11 is 0. The second kappa shape index (κ2) is 7.62. The van der Waals surface area contributed by atoms with Crippen LogP contribution >= 0.6 is 0 Å². The number of carbonyl (C=O) groups is 1. The van der Waals surface area contributed by atoms with Crippen molar-refractivity contribution in [1.82, 2.24) is 20.5 Å². The molecule has 0 radical (unpaired) electrons. The first kappa shape index (κ1) is 18.6. The lowest BCUT2D eigenvalue weighted by molar-refractivity contribution is 0.249. The molecule has 0 bridgehead atoms. The van der Waals surface area contributed by atoms with Crippen molar-refractivity contribution in [3.05, 3.63) is 48.2 Å².